The van der Waals surface area contributed by atoms with Crippen molar-refractivity contribution in [2.24, 2.45) is 0 Å². The fourth-order valence-electron chi connectivity index (χ4n) is 1.96. The Morgan fingerprint density at radius 2 is 2.25 bits per heavy atom. The van der Waals surface area contributed by atoms with Gasteiger partial charge in [0.05, 0.1) is 13.2 Å². The summed E-state index contributed by atoms with van der Waals surface area (Å²) in [6.45, 7) is 3.01. The molecular weight excluding hydrogens is 220 g/mol. The number of carboxylic acids is 1. The molecule has 0 radical (unpaired) electrons. The van der Waals surface area contributed by atoms with E-state index in [-0.39, 0.29) is 25.6 Å². The lowest BCUT2D eigenvalue weighted by Crippen LogP contribution is -2.39. The molecular formula is C10H17F2NO3. The van der Waals surface area contributed by atoms with Crippen LogP contribution < -0.4 is 0 Å². The minimum Gasteiger partial charge on any atom is -0.480 e. The van der Waals surface area contributed by atoms with Crippen molar-refractivity contribution in [3.63, 3.8) is 0 Å². The quantitative estimate of drug-likeness (QED) is 0.780. The normalized spacial score (nSPS) is 25.2. The molecule has 1 atom stereocenters. The van der Waals surface area contributed by atoms with Crippen LogP contribution in [0.25, 0.3) is 0 Å². The van der Waals surface area contributed by atoms with E-state index in [2.05, 4.69) is 0 Å². The molecule has 1 heterocycles. The Bertz CT molecular complexity index is 258. The molecule has 0 aromatic rings. The van der Waals surface area contributed by atoms with Crippen LogP contribution in [0.2, 0.25) is 0 Å². The summed E-state index contributed by atoms with van der Waals surface area (Å²) in [6, 6.07) is -0.388. The van der Waals surface area contributed by atoms with Gasteiger partial charge in [0.15, 0.2) is 0 Å². The molecule has 0 aromatic carbocycles. The lowest BCUT2D eigenvalue weighted by atomic mass is 10.2. The third-order valence-corrected chi connectivity index (χ3v) is 2.62. The zero-order valence-corrected chi connectivity index (χ0v) is 9.45. The van der Waals surface area contributed by atoms with Crippen LogP contribution in [0.3, 0.4) is 0 Å². The van der Waals surface area contributed by atoms with E-state index in [0.29, 0.717) is 0 Å². The van der Waals surface area contributed by atoms with Gasteiger partial charge >= 0.3 is 5.97 Å². The van der Waals surface area contributed by atoms with Crippen LogP contribution in [0.5, 0.6) is 0 Å². The molecule has 6 heteroatoms. The summed E-state index contributed by atoms with van der Waals surface area (Å²) in [5.41, 5.74) is 0. The summed E-state index contributed by atoms with van der Waals surface area (Å²) < 4.78 is 31.2. The maximum Gasteiger partial charge on any atom is 0.329 e. The van der Waals surface area contributed by atoms with Gasteiger partial charge in [-0.15, -0.1) is 0 Å². The smallest absolute Gasteiger partial charge is 0.329 e. The van der Waals surface area contributed by atoms with Crippen LogP contribution in [0.15, 0.2) is 0 Å². The van der Waals surface area contributed by atoms with Gasteiger partial charge in [0, 0.05) is 18.5 Å². The first kappa shape index (κ1) is 13.3. The minimum atomic E-state index is -2.69. The average molecular weight is 237 g/mol. The van der Waals surface area contributed by atoms with Crippen LogP contribution in [-0.2, 0) is 9.53 Å². The largest absolute Gasteiger partial charge is 0.480 e. The van der Waals surface area contributed by atoms with Gasteiger partial charge in [0.1, 0.15) is 6.61 Å². The molecule has 0 saturated carbocycles. The zero-order chi connectivity index (χ0) is 12.3. The van der Waals surface area contributed by atoms with Gasteiger partial charge < -0.3 is 9.84 Å². The van der Waals surface area contributed by atoms with Gasteiger partial charge in [0.2, 0.25) is 0 Å². The van der Waals surface area contributed by atoms with E-state index in [4.69, 9.17) is 9.84 Å². The first-order valence-corrected chi connectivity index (χ1v) is 5.25. The molecule has 4 nitrogen and oxygen atoms in total. The van der Waals surface area contributed by atoms with Gasteiger partial charge in [-0.1, -0.05) is 0 Å². The number of hydrogen-bond acceptors (Lipinski definition) is 3. The predicted octanol–water partition coefficient (Wildman–Crippen LogP) is 1.21. The highest BCUT2D eigenvalue weighted by atomic mass is 19.3. The van der Waals surface area contributed by atoms with Crippen LogP contribution in [-0.4, -0.2) is 53.7 Å². The highest BCUT2D eigenvalue weighted by Gasteiger charge is 2.45. The Kier molecular flexibility index (Phi) is 4.21. The molecule has 0 aliphatic carbocycles. The third-order valence-electron chi connectivity index (χ3n) is 2.62. The number of halogens is 2. The van der Waals surface area contributed by atoms with Crippen molar-refractivity contribution in [1.29, 1.82) is 0 Å². The van der Waals surface area contributed by atoms with E-state index < -0.39 is 24.5 Å². The van der Waals surface area contributed by atoms with E-state index >= 15 is 0 Å². The summed E-state index contributed by atoms with van der Waals surface area (Å²) in [5, 5.41) is 8.38. The highest BCUT2D eigenvalue weighted by Crippen LogP contribution is 2.33. The van der Waals surface area contributed by atoms with E-state index in [9.17, 15) is 13.6 Å². The second-order valence-corrected chi connectivity index (χ2v) is 4.39. The molecule has 1 N–H and O–H groups in total. The summed E-state index contributed by atoms with van der Waals surface area (Å²) in [5.74, 6) is -3.78. The number of nitrogens with zero attached hydrogens (tertiary/aromatic N) is 1. The number of hydrogen-bond donors (Lipinski definition) is 1. The molecule has 0 spiro atoms. The zero-order valence-electron chi connectivity index (χ0n) is 9.45. The molecule has 1 rings (SSSR count). The Morgan fingerprint density at radius 1 is 1.62 bits per heavy atom. The van der Waals surface area contributed by atoms with Crippen molar-refractivity contribution in [3.8, 4) is 0 Å². The maximum atomic E-state index is 13.2. The van der Waals surface area contributed by atoms with Crippen molar-refractivity contribution in [1.82, 2.24) is 4.90 Å². The number of carbonyl (C=O) groups is 1. The number of likely N-dealkylation sites (tertiary alicyclic amines) is 1. The van der Waals surface area contributed by atoms with E-state index in [1.54, 1.807) is 4.90 Å². The lowest BCUT2D eigenvalue weighted by Gasteiger charge is -2.27. The Labute approximate surface area is 93.2 Å². The summed E-state index contributed by atoms with van der Waals surface area (Å²) in [6.07, 6.45) is -0.259. The number of ether oxygens (including phenoxy) is 1. The molecule has 0 bridgehead atoms. The summed E-state index contributed by atoms with van der Waals surface area (Å²) in [7, 11) is 0. The van der Waals surface area contributed by atoms with Crippen molar-refractivity contribution in [3.05, 3.63) is 0 Å². The number of carboxylic acid groups (broad SMARTS) is 1. The summed E-state index contributed by atoms with van der Waals surface area (Å²) >= 11 is 0. The van der Waals surface area contributed by atoms with E-state index in [0.717, 1.165) is 0 Å². The standard InChI is InChI=1S/C10H17F2NO3/c1-7(2)13-6-10(11,12)3-8(13)4-16-5-9(14)15/h7-8H,3-6H2,1-2H3,(H,14,15). The molecule has 16 heavy (non-hydrogen) atoms. The van der Waals surface area contributed by atoms with Gasteiger partial charge in [-0.05, 0) is 13.8 Å². The maximum absolute atomic E-state index is 13.2. The number of rotatable bonds is 5. The third kappa shape index (κ3) is 3.68. The first-order chi connectivity index (χ1) is 7.32. The van der Waals surface area contributed by atoms with Gasteiger partial charge in [-0.3, -0.25) is 4.90 Å². The van der Waals surface area contributed by atoms with Crippen LogP contribution in [0.1, 0.15) is 20.3 Å². The van der Waals surface area contributed by atoms with E-state index in [1.165, 1.54) is 0 Å². The van der Waals surface area contributed by atoms with E-state index in [1.807, 2.05) is 13.8 Å². The predicted molar refractivity (Wildman–Crippen MR) is 53.6 cm³/mol. The first-order valence-electron chi connectivity index (χ1n) is 5.25. The van der Waals surface area contributed by atoms with Crippen LogP contribution in [0, 0.1) is 0 Å². The van der Waals surface area contributed by atoms with Crippen LogP contribution >= 0.6 is 0 Å². The molecule has 0 aromatic heterocycles. The van der Waals surface area contributed by atoms with Gasteiger partial charge in [0.25, 0.3) is 5.92 Å². The minimum absolute atomic E-state index is 0.00630. The molecule has 1 saturated heterocycles. The molecule has 94 valence electrons. The number of aliphatic carboxylic acids is 1. The Morgan fingerprint density at radius 3 is 2.75 bits per heavy atom. The van der Waals surface area contributed by atoms with Gasteiger partial charge in [-0.2, -0.15) is 0 Å². The monoisotopic (exact) mass is 237 g/mol. The van der Waals surface area contributed by atoms with Crippen molar-refractivity contribution < 1.29 is 23.4 Å². The Balaban J connectivity index is 2.47. The fraction of sp³-hybridized carbons (Fsp3) is 0.900. The second kappa shape index (κ2) is 5.05. The van der Waals surface area contributed by atoms with Crippen LogP contribution in [0.4, 0.5) is 8.78 Å². The van der Waals surface area contributed by atoms with Crippen molar-refractivity contribution in [2.45, 2.75) is 38.3 Å². The summed E-state index contributed by atoms with van der Waals surface area (Å²) in [4.78, 5) is 11.9. The molecule has 1 aliphatic heterocycles. The lowest BCUT2D eigenvalue weighted by molar-refractivity contribution is -0.142. The molecule has 1 aliphatic rings. The fourth-order valence-corrected chi connectivity index (χ4v) is 1.96. The topological polar surface area (TPSA) is 49.8 Å². The SMILES string of the molecule is CC(C)N1CC(F)(F)CC1COCC(=O)O. The highest BCUT2D eigenvalue weighted by molar-refractivity contribution is 5.67. The molecule has 0 amide bonds. The average Bonchev–Trinajstić information content (AvgIpc) is 2.40. The molecule has 1 unspecified atom stereocenters. The van der Waals surface area contributed by atoms with Gasteiger partial charge in [-0.25, -0.2) is 13.6 Å². The second-order valence-electron chi connectivity index (χ2n) is 4.39. The molecule has 1 fully saturated rings. The Hall–Kier alpha value is -0.750. The van der Waals surface area contributed by atoms with Crippen molar-refractivity contribution in [2.75, 3.05) is 19.8 Å². The van der Waals surface area contributed by atoms with Crippen molar-refractivity contribution >= 4 is 5.97 Å². The number of alkyl halides is 2.